The molecule has 0 spiro atoms. The molecule has 5 heteroatoms. The molecule has 1 aliphatic heterocycles. The first-order chi connectivity index (χ1) is 9.02. The van der Waals surface area contributed by atoms with E-state index in [1.165, 1.54) is 0 Å². The molecule has 1 aromatic heterocycles. The molecule has 1 aliphatic rings. The normalized spacial score (nSPS) is 19.7. The number of hydrogen-bond acceptors (Lipinski definition) is 4. The Labute approximate surface area is 113 Å². The first-order valence-corrected chi connectivity index (χ1v) is 6.45. The Hall–Kier alpha value is -1.30. The lowest BCUT2D eigenvalue weighted by molar-refractivity contribution is 0.138. The molecule has 2 heterocycles. The number of aliphatic hydroxyl groups excluding tert-OH is 1. The molecule has 0 fully saturated rings. The van der Waals surface area contributed by atoms with Crippen molar-refractivity contribution in [1.29, 1.82) is 0 Å². The summed E-state index contributed by atoms with van der Waals surface area (Å²) < 4.78 is 11.0. The van der Waals surface area contributed by atoms with E-state index in [0.29, 0.717) is 17.9 Å². The Morgan fingerprint density at radius 2 is 2.26 bits per heavy atom. The number of hydrogen-bond donors (Lipinski definition) is 2. The molecule has 4 nitrogen and oxygen atoms in total. The predicted octanol–water partition coefficient (Wildman–Crippen LogP) is 2.39. The molecule has 0 amide bonds. The van der Waals surface area contributed by atoms with E-state index in [9.17, 15) is 5.02 Å². The number of furan rings is 1. The van der Waals surface area contributed by atoms with Crippen LogP contribution in [0.2, 0.25) is 0 Å². The van der Waals surface area contributed by atoms with Gasteiger partial charge < -0.3 is 19.2 Å². The van der Waals surface area contributed by atoms with Gasteiger partial charge in [-0.1, -0.05) is 32.1 Å². The molecule has 1 aromatic rings. The van der Waals surface area contributed by atoms with Crippen molar-refractivity contribution in [3.63, 3.8) is 0 Å². The van der Waals surface area contributed by atoms with E-state index in [-0.39, 0.29) is 18.6 Å². The van der Waals surface area contributed by atoms with Crippen LogP contribution in [0, 0.1) is 5.92 Å². The van der Waals surface area contributed by atoms with Crippen molar-refractivity contribution in [3.05, 3.63) is 47.4 Å². The van der Waals surface area contributed by atoms with Crippen LogP contribution in [-0.4, -0.2) is 17.2 Å². The van der Waals surface area contributed by atoms with Gasteiger partial charge in [0, 0.05) is 0 Å². The molecule has 0 bridgehead atoms. The zero-order chi connectivity index (χ0) is 14.0. The molecular weight excluding hydrogens is 243 g/mol. The maximum absolute atomic E-state index is 10.0. The zero-order valence-corrected chi connectivity index (χ0v) is 11.3. The number of rotatable bonds is 4. The van der Waals surface area contributed by atoms with Gasteiger partial charge in [0.15, 0.2) is 0 Å². The minimum atomic E-state index is -0.976. The van der Waals surface area contributed by atoms with E-state index in [1.807, 2.05) is 19.9 Å². The van der Waals surface area contributed by atoms with Crippen molar-refractivity contribution in [2.45, 2.75) is 33.0 Å². The third kappa shape index (κ3) is 3.00. The van der Waals surface area contributed by atoms with Crippen molar-refractivity contribution in [2.75, 3.05) is 0 Å². The highest BCUT2D eigenvalue weighted by Gasteiger charge is 2.32. The second-order valence-corrected chi connectivity index (χ2v) is 5.01. The summed E-state index contributed by atoms with van der Waals surface area (Å²) in [5.74, 6) is 1.38. The molecule has 19 heavy (non-hydrogen) atoms. The van der Waals surface area contributed by atoms with Crippen molar-refractivity contribution in [3.8, 4) is 0 Å². The van der Waals surface area contributed by atoms with Gasteiger partial charge in [0.1, 0.15) is 24.2 Å². The van der Waals surface area contributed by atoms with E-state index in [2.05, 4.69) is 6.58 Å². The Balaban J connectivity index is 2.12. The number of allylic oxidation sites excluding steroid dienone is 2. The van der Waals surface area contributed by atoms with Crippen LogP contribution in [0.1, 0.15) is 37.9 Å². The lowest BCUT2D eigenvalue weighted by atomic mass is 9.69. The minimum Gasteiger partial charge on any atom is -0.461 e. The van der Waals surface area contributed by atoms with Crippen LogP contribution in [0.15, 0.2) is 40.3 Å². The Morgan fingerprint density at radius 3 is 2.79 bits per heavy atom. The lowest BCUT2D eigenvalue weighted by Crippen LogP contribution is -2.29. The van der Waals surface area contributed by atoms with Gasteiger partial charge in [-0.3, -0.25) is 0 Å². The maximum Gasteiger partial charge on any atom is 0.491 e. The second kappa shape index (κ2) is 5.78. The molecule has 0 saturated carbocycles. The van der Waals surface area contributed by atoms with Crippen molar-refractivity contribution in [2.24, 2.45) is 5.92 Å². The van der Waals surface area contributed by atoms with Crippen molar-refractivity contribution >= 4 is 7.12 Å². The summed E-state index contributed by atoms with van der Waals surface area (Å²) >= 11 is 0. The smallest absolute Gasteiger partial charge is 0.461 e. The average Bonchev–Trinajstić information content (AvgIpc) is 2.86. The number of aliphatic hydroxyl groups is 1. The van der Waals surface area contributed by atoms with Crippen LogP contribution in [0.4, 0.5) is 0 Å². The average molecular weight is 262 g/mol. The molecule has 0 aromatic carbocycles. The molecular formula is C14H19BO4. The van der Waals surface area contributed by atoms with Crippen molar-refractivity contribution in [1.82, 2.24) is 0 Å². The zero-order valence-electron chi connectivity index (χ0n) is 11.3. The maximum atomic E-state index is 10.0. The monoisotopic (exact) mass is 262 g/mol. The highest BCUT2D eigenvalue weighted by Crippen LogP contribution is 2.33. The van der Waals surface area contributed by atoms with E-state index in [4.69, 9.17) is 14.2 Å². The lowest BCUT2D eigenvalue weighted by Gasteiger charge is -2.26. The predicted molar refractivity (Wildman–Crippen MR) is 73.1 cm³/mol. The molecule has 102 valence electrons. The summed E-state index contributed by atoms with van der Waals surface area (Å²) in [5, 5.41) is 19.0. The van der Waals surface area contributed by atoms with Crippen LogP contribution in [0.25, 0.3) is 0 Å². The summed E-state index contributed by atoms with van der Waals surface area (Å²) in [6, 6.07) is 3.47. The fourth-order valence-electron chi connectivity index (χ4n) is 2.08. The van der Waals surface area contributed by atoms with E-state index >= 15 is 0 Å². The Morgan fingerprint density at radius 1 is 1.53 bits per heavy atom. The quantitative estimate of drug-likeness (QED) is 0.818. The summed E-state index contributed by atoms with van der Waals surface area (Å²) in [5.41, 5.74) is 1.64. The summed E-state index contributed by atoms with van der Waals surface area (Å²) in [6.07, 6.45) is 2.25. The van der Waals surface area contributed by atoms with Gasteiger partial charge in [0.25, 0.3) is 0 Å². The van der Waals surface area contributed by atoms with Crippen LogP contribution in [-0.2, 0) is 11.3 Å². The van der Waals surface area contributed by atoms with Gasteiger partial charge in [-0.15, -0.1) is 0 Å². The topological polar surface area (TPSA) is 62.8 Å². The highest BCUT2D eigenvalue weighted by molar-refractivity contribution is 6.54. The summed E-state index contributed by atoms with van der Waals surface area (Å²) in [7, 11) is -0.976. The second-order valence-electron chi connectivity index (χ2n) is 5.01. The molecule has 2 N–H and O–H groups in total. The van der Waals surface area contributed by atoms with E-state index in [1.54, 1.807) is 12.1 Å². The summed E-state index contributed by atoms with van der Waals surface area (Å²) in [4.78, 5) is 0. The highest BCUT2D eigenvalue weighted by atomic mass is 16.5. The van der Waals surface area contributed by atoms with Gasteiger partial charge in [0.2, 0.25) is 0 Å². The molecule has 0 saturated heterocycles. The molecule has 0 aliphatic carbocycles. The Bertz CT molecular complexity index is 489. The van der Waals surface area contributed by atoms with E-state index in [0.717, 1.165) is 11.0 Å². The van der Waals surface area contributed by atoms with Crippen molar-refractivity contribution < 1.29 is 19.2 Å². The van der Waals surface area contributed by atoms with Crippen LogP contribution in [0.5, 0.6) is 0 Å². The van der Waals surface area contributed by atoms with Gasteiger partial charge in [-0.25, -0.2) is 0 Å². The molecule has 2 rings (SSSR count). The first-order valence-electron chi connectivity index (χ1n) is 6.45. The van der Waals surface area contributed by atoms with E-state index < -0.39 is 7.12 Å². The van der Waals surface area contributed by atoms with Crippen LogP contribution >= 0.6 is 0 Å². The standard InChI is InChI=1S/C14H19BO4/c1-9(2)10(3)12-5-7-14(19-15(12)17)13-6-4-11(8-16)18-13/h4-6,9,14,16-17H,3,7-8H2,1-2H3/t14-/m0/s1. The van der Waals surface area contributed by atoms with Crippen LogP contribution < -0.4 is 0 Å². The minimum absolute atomic E-state index is 0.138. The Kier molecular flexibility index (Phi) is 4.29. The van der Waals surface area contributed by atoms with Gasteiger partial charge in [0.05, 0.1) is 0 Å². The van der Waals surface area contributed by atoms with Gasteiger partial charge in [-0.05, 0) is 29.9 Å². The first kappa shape index (κ1) is 14.1. The molecule has 0 unspecified atom stereocenters. The van der Waals surface area contributed by atoms with Gasteiger partial charge >= 0.3 is 7.12 Å². The largest absolute Gasteiger partial charge is 0.491 e. The third-order valence-electron chi connectivity index (χ3n) is 3.33. The third-order valence-corrected chi connectivity index (χ3v) is 3.33. The van der Waals surface area contributed by atoms with Crippen LogP contribution in [0.3, 0.4) is 0 Å². The molecule has 1 atom stereocenters. The fraction of sp³-hybridized carbons (Fsp3) is 0.429. The van der Waals surface area contributed by atoms with Gasteiger partial charge in [-0.2, -0.15) is 0 Å². The summed E-state index contributed by atoms with van der Waals surface area (Å²) in [6.45, 7) is 7.90. The SMILES string of the molecule is C=C(C1=CC[C@@H](c2ccc(CO)o2)OB1O)C(C)C. The molecule has 0 radical (unpaired) electrons. The fourth-order valence-corrected chi connectivity index (χ4v) is 2.08.